The molecule has 9 heteroatoms. The summed E-state index contributed by atoms with van der Waals surface area (Å²) < 4.78 is 13.3. The normalized spacial score (nSPS) is 15.8. The Labute approximate surface area is 225 Å². The number of benzene rings is 2. The van der Waals surface area contributed by atoms with E-state index in [1.807, 2.05) is 61.0 Å². The van der Waals surface area contributed by atoms with Gasteiger partial charge in [0, 0.05) is 66.4 Å². The van der Waals surface area contributed by atoms with Crippen molar-refractivity contribution in [3.05, 3.63) is 88.5 Å². The predicted molar refractivity (Wildman–Crippen MR) is 150 cm³/mol. The molecule has 0 unspecified atom stereocenters. The SMILES string of the molecule is C[C@H](NC(=O)C(=O)NCCc1c[nH]c2ccccc12)[C@H](c1cccs1)N1CCN(c2ccc(F)cc2)CC1. The Kier molecular flexibility index (Phi) is 8.05. The highest BCUT2D eigenvalue weighted by atomic mass is 32.1. The van der Waals surface area contributed by atoms with Gasteiger partial charge in [0.25, 0.3) is 0 Å². The molecule has 38 heavy (non-hydrogen) atoms. The minimum absolute atomic E-state index is 0.0478. The number of rotatable bonds is 8. The number of nitrogens with zero attached hydrogens (tertiary/aromatic N) is 2. The first-order valence-corrected chi connectivity index (χ1v) is 13.8. The zero-order chi connectivity index (χ0) is 26.5. The Balaban J connectivity index is 1.16. The molecule has 5 rings (SSSR count). The Morgan fingerprint density at radius 3 is 2.50 bits per heavy atom. The Morgan fingerprint density at radius 2 is 1.76 bits per heavy atom. The maximum absolute atomic E-state index is 13.3. The van der Waals surface area contributed by atoms with Gasteiger partial charge in [0.15, 0.2) is 0 Å². The number of H-pyrrole nitrogens is 1. The maximum Gasteiger partial charge on any atom is 0.309 e. The summed E-state index contributed by atoms with van der Waals surface area (Å²) in [4.78, 5) is 34.4. The van der Waals surface area contributed by atoms with Gasteiger partial charge in [-0.25, -0.2) is 4.39 Å². The Hall–Kier alpha value is -3.69. The van der Waals surface area contributed by atoms with Crippen molar-refractivity contribution in [1.82, 2.24) is 20.5 Å². The number of halogens is 1. The molecule has 1 aliphatic heterocycles. The molecule has 0 aliphatic carbocycles. The van der Waals surface area contributed by atoms with E-state index in [1.165, 1.54) is 12.1 Å². The average molecular weight is 534 g/mol. The molecule has 2 aromatic carbocycles. The Bertz CT molecular complexity index is 1360. The summed E-state index contributed by atoms with van der Waals surface area (Å²) in [6, 6.07) is 18.4. The molecule has 1 saturated heterocycles. The van der Waals surface area contributed by atoms with E-state index in [1.54, 1.807) is 11.3 Å². The number of thiophene rings is 1. The van der Waals surface area contributed by atoms with Gasteiger partial charge in [-0.05, 0) is 60.7 Å². The molecule has 198 valence electrons. The summed E-state index contributed by atoms with van der Waals surface area (Å²) in [6.45, 7) is 5.50. The number of carbonyl (C=O) groups excluding carboxylic acids is 2. The van der Waals surface area contributed by atoms with E-state index < -0.39 is 11.8 Å². The lowest BCUT2D eigenvalue weighted by Gasteiger charge is -2.42. The molecule has 2 amide bonds. The molecule has 2 atom stereocenters. The van der Waals surface area contributed by atoms with E-state index in [-0.39, 0.29) is 17.9 Å². The fourth-order valence-corrected chi connectivity index (χ4v) is 6.16. The van der Waals surface area contributed by atoms with Crippen molar-refractivity contribution in [1.29, 1.82) is 0 Å². The molecule has 1 fully saturated rings. The number of nitrogens with one attached hydrogen (secondary N) is 3. The molecule has 0 saturated carbocycles. The molecular formula is C29H32FN5O2S. The van der Waals surface area contributed by atoms with E-state index >= 15 is 0 Å². The molecule has 3 N–H and O–H groups in total. The van der Waals surface area contributed by atoms with Gasteiger partial charge in [-0.3, -0.25) is 14.5 Å². The number of piperazine rings is 1. The largest absolute Gasteiger partial charge is 0.369 e. The molecule has 7 nitrogen and oxygen atoms in total. The van der Waals surface area contributed by atoms with Crippen molar-refractivity contribution in [3.63, 3.8) is 0 Å². The molecule has 0 bridgehead atoms. The third-order valence-corrected chi connectivity index (χ3v) is 8.07. The number of para-hydroxylation sites is 1. The third kappa shape index (κ3) is 5.89. The van der Waals surface area contributed by atoms with E-state index in [9.17, 15) is 14.0 Å². The fraction of sp³-hybridized carbons (Fsp3) is 0.310. The molecular weight excluding hydrogens is 501 g/mol. The number of fused-ring (bicyclic) bond motifs is 1. The van der Waals surface area contributed by atoms with Crippen LogP contribution in [0.15, 0.2) is 72.2 Å². The van der Waals surface area contributed by atoms with Crippen molar-refractivity contribution in [2.24, 2.45) is 0 Å². The van der Waals surface area contributed by atoms with Gasteiger partial charge < -0.3 is 20.5 Å². The van der Waals surface area contributed by atoms with Crippen LogP contribution >= 0.6 is 11.3 Å². The molecule has 3 heterocycles. The van der Waals surface area contributed by atoms with Gasteiger partial charge >= 0.3 is 11.8 Å². The van der Waals surface area contributed by atoms with Crippen molar-refractivity contribution >= 4 is 39.7 Å². The van der Waals surface area contributed by atoms with Crippen LogP contribution in [0, 0.1) is 5.82 Å². The van der Waals surface area contributed by atoms with Crippen LogP contribution in [0.4, 0.5) is 10.1 Å². The topological polar surface area (TPSA) is 80.5 Å². The lowest BCUT2D eigenvalue weighted by atomic mass is 10.0. The van der Waals surface area contributed by atoms with Crippen molar-refractivity contribution in [3.8, 4) is 0 Å². The number of anilines is 1. The van der Waals surface area contributed by atoms with Gasteiger partial charge in [0.1, 0.15) is 5.82 Å². The van der Waals surface area contributed by atoms with Gasteiger partial charge in [0.05, 0.1) is 6.04 Å². The summed E-state index contributed by atoms with van der Waals surface area (Å²) in [5.74, 6) is -1.48. The zero-order valence-corrected chi connectivity index (χ0v) is 22.1. The van der Waals surface area contributed by atoms with Gasteiger partial charge in [-0.2, -0.15) is 0 Å². The number of aromatic nitrogens is 1. The molecule has 2 aromatic heterocycles. The number of hydrogen-bond donors (Lipinski definition) is 3. The first kappa shape index (κ1) is 25.9. The van der Waals surface area contributed by atoms with Crippen LogP contribution in [0.2, 0.25) is 0 Å². The third-order valence-electron chi connectivity index (χ3n) is 7.13. The zero-order valence-electron chi connectivity index (χ0n) is 21.3. The second-order valence-electron chi connectivity index (χ2n) is 9.59. The summed E-state index contributed by atoms with van der Waals surface area (Å²) in [5, 5.41) is 8.86. The van der Waals surface area contributed by atoms with Crippen LogP contribution < -0.4 is 15.5 Å². The number of carbonyl (C=O) groups is 2. The van der Waals surface area contributed by atoms with Crippen LogP contribution in [0.5, 0.6) is 0 Å². The van der Waals surface area contributed by atoms with E-state index in [4.69, 9.17) is 0 Å². The maximum atomic E-state index is 13.3. The minimum atomic E-state index is -0.622. The van der Waals surface area contributed by atoms with Crippen LogP contribution in [-0.4, -0.2) is 60.5 Å². The fourth-order valence-electron chi connectivity index (χ4n) is 5.19. The number of aromatic amines is 1. The standard InChI is InChI=1S/C29H32FN5O2S/c1-20(33-29(37)28(36)31-13-12-21-19-32-25-6-3-2-5-24(21)25)27(26-7-4-18-38-26)35-16-14-34(15-17-35)23-10-8-22(30)9-11-23/h2-11,18-20,27,32H,12-17H2,1H3,(H,31,36)(H,33,37)/t20-,27+/m0/s1. The summed E-state index contributed by atoms with van der Waals surface area (Å²) in [7, 11) is 0. The van der Waals surface area contributed by atoms with E-state index in [2.05, 4.69) is 31.5 Å². The van der Waals surface area contributed by atoms with E-state index in [0.717, 1.165) is 53.2 Å². The van der Waals surface area contributed by atoms with Crippen LogP contribution in [-0.2, 0) is 16.0 Å². The smallest absolute Gasteiger partial charge is 0.309 e. The van der Waals surface area contributed by atoms with Crippen molar-refractivity contribution in [2.75, 3.05) is 37.6 Å². The monoisotopic (exact) mass is 533 g/mol. The highest BCUT2D eigenvalue weighted by Gasteiger charge is 2.32. The summed E-state index contributed by atoms with van der Waals surface area (Å²) in [6.07, 6.45) is 2.58. The average Bonchev–Trinajstić information content (AvgIpc) is 3.60. The molecule has 0 radical (unpaired) electrons. The number of hydrogen-bond acceptors (Lipinski definition) is 5. The van der Waals surface area contributed by atoms with Crippen LogP contribution in [0.25, 0.3) is 10.9 Å². The van der Waals surface area contributed by atoms with Gasteiger partial charge in [-0.15, -0.1) is 11.3 Å². The first-order chi connectivity index (χ1) is 18.5. The van der Waals surface area contributed by atoms with Gasteiger partial charge in [-0.1, -0.05) is 24.3 Å². The predicted octanol–water partition coefficient (Wildman–Crippen LogP) is 4.10. The quantitative estimate of drug-likeness (QED) is 0.298. The Morgan fingerprint density at radius 1 is 1.00 bits per heavy atom. The van der Waals surface area contributed by atoms with Crippen LogP contribution in [0.3, 0.4) is 0 Å². The minimum Gasteiger partial charge on any atom is -0.369 e. The highest BCUT2D eigenvalue weighted by Crippen LogP contribution is 2.30. The second kappa shape index (κ2) is 11.8. The van der Waals surface area contributed by atoms with E-state index in [0.29, 0.717) is 13.0 Å². The van der Waals surface area contributed by atoms with Gasteiger partial charge in [0.2, 0.25) is 0 Å². The first-order valence-electron chi connectivity index (χ1n) is 12.9. The summed E-state index contributed by atoms with van der Waals surface area (Å²) in [5.41, 5.74) is 3.16. The van der Waals surface area contributed by atoms with Crippen molar-refractivity contribution < 1.29 is 14.0 Å². The molecule has 0 spiro atoms. The number of amides is 2. The highest BCUT2D eigenvalue weighted by molar-refractivity contribution is 7.10. The second-order valence-corrected chi connectivity index (χ2v) is 10.6. The molecule has 4 aromatic rings. The van der Waals surface area contributed by atoms with Crippen molar-refractivity contribution in [2.45, 2.75) is 25.4 Å². The lowest BCUT2D eigenvalue weighted by Crippen LogP contribution is -2.53. The summed E-state index contributed by atoms with van der Waals surface area (Å²) >= 11 is 1.65. The lowest BCUT2D eigenvalue weighted by molar-refractivity contribution is -0.139. The van der Waals surface area contributed by atoms with Crippen LogP contribution in [0.1, 0.15) is 23.4 Å². The molecule has 1 aliphatic rings.